The van der Waals surface area contributed by atoms with Gasteiger partial charge in [0.15, 0.2) is 5.11 Å². The van der Waals surface area contributed by atoms with E-state index in [1.54, 1.807) is 24.3 Å². The van der Waals surface area contributed by atoms with Crippen molar-refractivity contribution in [3.05, 3.63) is 64.7 Å². The lowest BCUT2D eigenvalue weighted by atomic mass is 10.1. The molecule has 1 atom stereocenters. The molecule has 2 aromatic rings. The SMILES string of the molecule is CN(C)[C@H](CNC(=S)Nc1ccc(F)cc1)c1c(F)cccc1Cl. The van der Waals surface area contributed by atoms with Gasteiger partial charge in [0.05, 0.1) is 6.04 Å². The third-order valence-corrected chi connectivity index (χ3v) is 4.09. The maximum Gasteiger partial charge on any atom is 0.170 e. The molecule has 2 N–H and O–H groups in total. The molecule has 0 radical (unpaired) electrons. The first-order valence-electron chi connectivity index (χ1n) is 7.29. The van der Waals surface area contributed by atoms with Crippen molar-refractivity contribution in [2.24, 2.45) is 0 Å². The molecule has 0 saturated carbocycles. The second-order valence-electron chi connectivity index (χ2n) is 5.46. The van der Waals surface area contributed by atoms with Crippen LogP contribution in [-0.2, 0) is 0 Å². The fourth-order valence-electron chi connectivity index (χ4n) is 2.27. The topological polar surface area (TPSA) is 27.3 Å². The van der Waals surface area contributed by atoms with E-state index in [2.05, 4.69) is 10.6 Å². The first-order valence-corrected chi connectivity index (χ1v) is 8.08. The van der Waals surface area contributed by atoms with Crippen molar-refractivity contribution in [1.29, 1.82) is 0 Å². The molecule has 24 heavy (non-hydrogen) atoms. The Balaban J connectivity index is 2.04. The predicted octanol–water partition coefficient (Wildman–Crippen LogP) is 4.21. The summed E-state index contributed by atoms with van der Waals surface area (Å²) >= 11 is 11.4. The van der Waals surface area contributed by atoms with Crippen LogP contribution in [0.1, 0.15) is 11.6 Å². The van der Waals surface area contributed by atoms with Gasteiger partial charge in [-0.3, -0.25) is 0 Å². The highest BCUT2D eigenvalue weighted by atomic mass is 35.5. The summed E-state index contributed by atoms with van der Waals surface area (Å²) < 4.78 is 27.0. The Labute approximate surface area is 150 Å². The summed E-state index contributed by atoms with van der Waals surface area (Å²) in [6, 6.07) is 10.2. The third-order valence-electron chi connectivity index (χ3n) is 3.51. The number of benzene rings is 2. The molecule has 0 unspecified atom stereocenters. The number of halogens is 3. The van der Waals surface area contributed by atoms with Gasteiger partial charge in [0.2, 0.25) is 0 Å². The van der Waals surface area contributed by atoms with E-state index >= 15 is 0 Å². The summed E-state index contributed by atoms with van der Waals surface area (Å²) in [7, 11) is 3.68. The molecular formula is C17H18ClF2N3S. The number of anilines is 1. The van der Waals surface area contributed by atoms with Crippen LogP contribution in [0.25, 0.3) is 0 Å². The van der Waals surface area contributed by atoms with Gasteiger partial charge in [-0.25, -0.2) is 8.78 Å². The minimum atomic E-state index is -0.361. The van der Waals surface area contributed by atoms with Crippen LogP contribution in [0.4, 0.5) is 14.5 Å². The zero-order chi connectivity index (χ0) is 17.7. The number of hydrogen-bond acceptors (Lipinski definition) is 2. The van der Waals surface area contributed by atoms with Gasteiger partial charge in [-0.1, -0.05) is 17.7 Å². The van der Waals surface area contributed by atoms with Gasteiger partial charge < -0.3 is 15.5 Å². The number of hydrogen-bond donors (Lipinski definition) is 2. The van der Waals surface area contributed by atoms with Crippen LogP contribution in [0.2, 0.25) is 5.02 Å². The minimum absolute atomic E-state index is 0.299. The molecule has 0 aliphatic rings. The quantitative estimate of drug-likeness (QED) is 0.772. The lowest BCUT2D eigenvalue weighted by molar-refractivity contribution is 0.292. The van der Waals surface area contributed by atoms with Crippen molar-refractivity contribution in [1.82, 2.24) is 10.2 Å². The monoisotopic (exact) mass is 369 g/mol. The van der Waals surface area contributed by atoms with E-state index in [1.165, 1.54) is 18.2 Å². The van der Waals surface area contributed by atoms with Gasteiger partial charge in [-0.15, -0.1) is 0 Å². The van der Waals surface area contributed by atoms with Crippen molar-refractivity contribution in [3.8, 4) is 0 Å². The van der Waals surface area contributed by atoms with Gasteiger partial charge in [-0.05, 0) is 62.7 Å². The van der Waals surface area contributed by atoms with E-state index in [9.17, 15) is 8.78 Å². The highest BCUT2D eigenvalue weighted by molar-refractivity contribution is 7.80. The van der Waals surface area contributed by atoms with Crippen molar-refractivity contribution < 1.29 is 8.78 Å². The van der Waals surface area contributed by atoms with E-state index in [0.717, 1.165) is 0 Å². The Bertz CT molecular complexity index is 687. The predicted molar refractivity (Wildman–Crippen MR) is 98.5 cm³/mol. The number of nitrogens with one attached hydrogen (secondary N) is 2. The fraction of sp³-hybridized carbons (Fsp3) is 0.235. The largest absolute Gasteiger partial charge is 0.361 e. The average molecular weight is 370 g/mol. The zero-order valence-electron chi connectivity index (χ0n) is 13.3. The molecule has 7 heteroatoms. The lowest BCUT2D eigenvalue weighted by Gasteiger charge is -2.27. The van der Waals surface area contributed by atoms with Crippen LogP contribution in [-0.4, -0.2) is 30.7 Å². The summed E-state index contributed by atoms with van der Waals surface area (Å²) in [6.07, 6.45) is 0. The maximum absolute atomic E-state index is 14.1. The normalized spacial score (nSPS) is 12.1. The standard InChI is InChI=1S/C17H18ClF2N3S/c1-23(2)15(16-13(18)4-3-5-14(16)20)10-21-17(24)22-12-8-6-11(19)7-9-12/h3-9,15H,10H2,1-2H3,(H2,21,22,24)/t15-/m1/s1. The Morgan fingerprint density at radius 2 is 1.83 bits per heavy atom. The smallest absolute Gasteiger partial charge is 0.170 e. The van der Waals surface area contributed by atoms with Gasteiger partial charge >= 0.3 is 0 Å². The van der Waals surface area contributed by atoms with E-state index in [-0.39, 0.29) is 17.7 Å². The average Bonchev–Trinajstić information content (AvgIpc) is 2.52. The highest BCUT2D eigenvalue weighted by Crippen LogP contribution is 2.28. The summed E-state index contributed by atoms with van der Waals surface area (Å²) in [5.74, 6) is -0.679. The molecule has 0 aliphatic heterocycles. The minimum Gasteiger partial charge on any atom is -0.361 e. The molecule has 0 aliphatic carbocycles. The van der Waals surface area contributed by atoms with Crippen molar-refractivity contribution in [3.63, 3.8) is 0 Å². The Morgan fingerprint density at radius 1 is 1.17 bits per heavy atom. The molecule has 0 amide bonds. The van der Waals surface area contributed by atoms with Crippen LogP contribution in [0.15, 0.2) is 42.5 Å². The molecule has 3 nitrogen and oxygen atoms in total. The molecule has 0 heterocycles. The molecule has 0 bridgehead atoms. The Morgan fingerprint density at radius 3 is 2.42 bits per heavy atom. The lowest BCUT2D eigenvalue weighted by Crippen LogP contribution is -2.37. The highest BCUT2D eigenvalue weighted by Gasteiger charge is 2.21. The van der Waals surface area contributed by atoms with Gasteiger partial charge in [0, 0.05) is 22.8 Å². The third kappa shape index (κ3) is 4.87. The van der Waals surface area contributed by atoms with Gasteiger partial charge in [0.25, 0.3) is 0 Å². The van der Waals surface area contributed by atoms with Crippen LogP contribution in [0.3, 0.4) is 0 Å². The molecule has 0 spiro atoms. The first-order chi connectivity index (χ1) is 11.4. The number of likely N-dealkylation sites (N-methyl/N-ethyl adjacent to an activating group) is 1. The number of thiocarbonyl (C=S) groups is 1. The summed E-state index contributed by atoms with van der Waals surface area (Å²) in [4.78, 5) is 1.86. The molecule has 128 valence electrons. The van der Waals surface area contributed by atoms with Crippen LogP contribution in [0, 0.1) is 11.6 Å². The molecular weight excluding hydrogens is 352 g/mol. The number of nitrogens with zero attached hydrogens (tertiary/aromatic N) is 1. The molecule has 0 saturated heterocycles. The summed E-state index contributed by atoms with van der Waals surface area (Å²) in [5, 5.41) is 6.72. The van der Waals surface area contributed by atoms with Crippen molar-refractivity contribution in [2.75, 3.05) is 26.0 Å². The van der Waals surface area contributed by atoms with Gasteiger partial charge in [0.1, 0.15) is 11.6 Å². The van der Waals surface area contributed by atoms with Crippen LogP contribution in [0.5, 0.6) is 0 Å². The Hall–Kier alpha value is -1.76. The van der Waals surface area contributed by atoms with Crippen molar-refractivity contribution >= 4 is 34.6 Å². The van der Waals surface area contributed by atoms with E-state index in [4.69, 9.17) is 23.8 Å². The zero-order valence-corrected chi connectivity index (χ0v) is 14.9. The fourth-order valence-corrected chi connectivity index (χ4v) is 2.76. The molecule has 0 aromatic heterocycles. The summed E-state index contributed by atoms with van der Waals surface area (Å²) in [6.45, 7) is 0.362. The van der Waals surface area contributed by atoms with Gasteiger partial charge in [-0.2, -0.15) is 0 Å². The van der Waals surface area contributed by atoms with Crippen LogP contribution < -0.4 is 10.6 Å². The second kappa shape index (κ2) is 8.37. The van der Waals surface area contributed by atoms with Crippen LogP contribution >= 0.6 is 23.8 Å². The Kier molecular flexibility index (Phi) is 6.48. The molecule has 0 fully saturated rings. The van der Waals surface area contributed by atoms with E-state index < -0.39 is 0 Å². The second-order valence-corrected chi connectivity index (χ2v) is 6.27. The summed E-state index contributed by atoms with van der Waals surface area (Å²) in [5.41, 5.74) is 1.08. The maximum atomic E-state index is 14.1. The number of rotatable bonds is 5. The molecule has 2 aromatic carbocycles. The van der Waals surface area contributed by atoms with E-state index in [0.29, 0.717) is 27.9 Å². The first kappa shape index (κ1) is 18.6. The van der Waals surface area contributed by atoms with Crippen molar-refractivity contribution in [2.45, 2.75) is 6.04 Å². The van der Waals surface area contributed by atoms with E-state index in [1.807, 2.05) is 19.0 Å². The molecule has 2 rings (SSSR count).